The van der Waals surface area contributed by atoms with E-state index >= 15 is 0 Å². The second-order valence-electron chi connectivity index (χ2n) is 14.0. The van der Waals surface area contributed by atoms with Crippen molar-refractivity contribution in [1.29, 1.82) is 0 Å². The molecule has 0 saturated heterocycles. The summed E-state index contributed by atoms with van der Waals surface area (Å²) in [5, 5.41) is 9.60. The average Bonchev–Trinajstić information content (AvgIpc) is 3.15. The van der Waals surface area contributed by atoms with Gasteiger partial charge in [-0.1, -0.05) is 195 Å². The molecule has 4 nitrogen and oxygen atoms in total. The Kier molecular flexibility index (Phi) is 42.6. The van der Waals surface area contributed by atoms with Crippen molar-refractivity contribution in [1.82, 2.24) is 0 Å². The largest absolute Gasteiger partial charge is 0.457 e. The van der Waals surface area contributed by atoms with E-state index in [1.54, 1.807) is 0 Å². The molecule has 0 amide bonds. The van der Waals surface area contributed by atoms with Crippen LogP contribution in [0.25, 0.3) is 0 Å². The summed E-state index contributed by atoms with van der Waals surface area (Å²) in [4.78, 5) is 12.2. The van der Waals surface area contributed by atoms with Gasteiger partial charge in [-0.3, -0.25) is 4.79 Å². The highest BCUT2D eigenvalue weighted by Gasteiger charge is 2.13. The number of carbonyl (C=O) groups is 1. The Bertz CT molecular complexity index is 938. The number of aliphatic hydroxyl groups excluding tert-OH is 1. The van der Waals surface area contributed by atoms with Gasteiger partial charge in [0.25, 0.3) is 0 Å². The fourth-order valence-corrected chi connectivity index (χ4v) is 5.78. The summed E-state index contributed by atoms with van der Waals surface area (Å²) in [7, 11) is 0. The maximum atomic E-state index is 12.2. The van der Waals surface area contributed by atoms with Gasteiger partial charge in [-0.15, -0.1) is 0 Å². The fraction of sp³-hybridized carbons (Fsp3) is 0.688. The molecular weight excluding hydrogens is 641 g/mol. The summed E-state index contributed by atoms with van der Waals surface area (Å²) in [5.41, 5.74) is 0. The fourth-order valence-electron chi connectivity index (χ4n) is 5.78. The van der Waals surface area contributed by atoms with Crippen molar-refractivity contribution in [2.75, 3.05) is 19.8 Å². The number of ether oxygens (including phenoxy) is 2. The molecule has 4 heteroatoms. The molecule has 0 aliphatic rings. The van der Waals surface area contributed by atoms with Gasteiger partial charge in [0.1, 0.15) is 6.10 Å². The van der Waals surface area contributed by atoms with Crippen LogP contribution in [0.15, 0.2) is 85.1 Å². The van der Waals surface area contributed by atoms with Crippen molar-refractivity contribution >= 4 is 5.97 Å². The molecule has 1 unspecified atom stereocenters. The molecule has 0 aromatic rings. The summed E-state index contributed by atoms with van der Waals surface area (Å²) in [6.07, 6.45) is 62.2. The summed E-state index contributed by atoms with van der Waals surface area (Å²) >= 11 is 0. The molecule has 0 fully saturated rings. The van der Waals surface area contributed by atoms with Gasteiger partial charge in [0.05, 0.1) is 13.2 Å². The van der Waals surface area contributed by atoms with E-state index in [0.717, 1.165) is 77.0 Å². The predicted molar refractivity (Wildman–Crippen MR) is 228 cm³/mol. The third kappa shape index (κ3) is 42.0. The molecule has 0 heterocycles. The highest BCUT2D eigenvalue weighted by Crippen LogP contribution is 2.14. The smallest absolute Gasteiger partial charge is 0.306 e. The van der Waals surface area contributed by atoms with E-state index in [1.165, 1.54) is 89.9 Å². The van der Waals surface area contributed by atoms with Crippen molar-refractivity contribution in [3.05, 3.63) is 85.1 Å². The lowest BCUT2D eigenvalue weighted by Crippen LogP contribution is -2.27. The van der Waals surface area contributed by atoms with E-state index in [-0.39, 0.29) is 19.2 Å². The Morgan fingerprint density at radius 3 is 1.27 bits per heavy atom. The molecule has 0 spiro atoms. The first-order valence-corrected chi connectivity index (χ1v) is 21.7. The molecule has 0 rings (SSSR count). The van der Waals surface area contributed by atoms with Gasteiger partial charge in [0.2, 0.25) is 0 Å². The molecule has 0 aromatic carbocycles. The number of esters is 1. The molecule has 52 heavy (non-hydrogen) atoms. The molecule has 1 atom stereocenters. The lowest BCUT2D eigenvalue weighted by Gasteiger charge is -2.15. The first-order chi connectivity index (χ1) is 25.7. The van der Waals surface area contributed by atoms with Gasteiger partial charge in [-0.2, -0.15) is 0 Å². The van der Waals surface area contributed by atoms with Crippen molar-refractivity contribution in [2.24, 2.45) is 0 Å². The zero-order valence-electron chi connectivity index (χ0n) is 34.0. The molecule has 0 bridgehead atoms. The molecule has 0 radical (unpaired) electrons. The summed E-state index contributed by atoms with van der Waals surface area (Å²) in [6.45, 7) is 5.13. The maximum Gasteiger partial charge on any atom is 0.306 e. The normalized spacial score (nSPS) is 13.2. The molecule has 298 valence electrons. The van der Waals surface area contributed by atoms with Crippen molar-refractivity contribution in [3.63, 3.8) is 0 Å². The molecular formula is C48H82O4. The highest BCUT2D eigenvalue weighted by atomic mass is 16.6. The van der Waals surface area contributed by atoms with Crippen LogP contribution in [-0.4, -0.2) is 37.0 Å². The first kappa shape index (κ1) is 49.6. The van der Waals surface area contributed by atoms with E-state index in [0.29, 0.717) is 13.0 Å². The number of hydrogen-bond acceptors (Lipinski definition) is 4. The molecule has 0 saturated carbocycles. The van der Waals surface area contributed by atoms with E-state index in [4.69, 9.17) is 9.47 Å². The predicted octanol–water partition coefficient (Wildman–Crippen LogP) is 14.4. The van der Waals surface area contributed by atoms with E-state index in [1.807, 2.05) is 0 Å². The van der Waals surface area contributed by atoms with Gasteiger partial charge in [-0.25, -0.2) is 0 Å². The van der Waals surface area contributed by atoms with Gasteiger partial charge >= 0.3 is 5.97 Å². The van der Waals surface area contributed by atoms with Crippen LogP contribution < -0.4 is 0 Å². The van der Waals surface area contributed by atoms with Crippen LogP contribution in [0.4, 0.5) is 0 Å². The van der Waals surface area contributed by atoms with Crippen LogP contribution in [0, 0.1) is 0 Å². The van der Waals surface area contributed by atoms with Crippen molar-refractivity contribution in [2.45, 2.75) is 193 Å². The van der Waals surface area contributed by atoms with Gasteiger partial charge < -0.3 is 14.6 Å². The number of hydrogen-bond donors (Lipinski definition) is 1. The van der Waals surface area contributed by atoms with Crippen LogP contribution in [0.2, 0.25) is 0 Å². The van der Waals surface area contributed by atoms with Crippen LogP contribution in [0.5, 0.6) is 0 Å². The Balaban J connectivity index is 3.57. The minimum atomic E-state index is -0.560. The Morgan fingerprint density at radius 1 is 0.481 bits per heavy atom. The van der Waals surface area contributed by atoms with E-state index < -0.39 is 6.10 Å². The summed E-state index contributed by atoms with van der Waals surface area (Å²) in [5.74, 6) is -0.218. The number of aliphatic hydroxyl groups is 1. The number of allylic oxidation sites excluding steroid dienone is 14. The molecule has 0 aliphatic carbocycles. The molecule has 0 aromatic heterocycles. The number of rotatable bonds is 39. The Morgan fingerprint density at radius 2 is 0.865 bits per heavy atom. The Labute approximate surface area is 322 Å². The highest BCUT2D eigenvalue weighted by molar-refractivity contribution is 5.69. The monoisotopic (exact) mass is 723 g/mol. The third-order valence-electron chi connectivity index (χ3n) is 8.98. The van der Waals surface area contributed by atoms with Gasteiger partial charge in [-0.05, 0) is 70.6 Å². The lowest BCUT2D eigenvalue weighted by atomic mass is 10.0. The van der Waals surface area contributed by atoms with E-state index in [9.17, 15) is 9.90 Å². The first-order valence-electron chi connectivity index (χ1n) is 21.7. The van der Waals surface area contributed by atoms with Gasteiger partial charge in [0.15, 0.2) is 0 Å². The number of carbonyl (C=O) groups excluding carboxylic acids is 1. The van der Waals surface area contributed by atoms with Crippen LogP contribution in [0.3, 0.4) is 0 Å². The topological polar surface area (TPSA) is 55.8 Å². The lowest BCUT2D eigenvalue weighted by molar-refractivity contribution is -0.154. The van der Waals surface area contributed by atoms with Gasteiger partial charge in [0, 0.05) is 13.0 Å². The standard InChI is InChI=1S/C48H82O4/c1-3-5-7-9-11-13-15-17-19-21-22-23-24-25-26-27-28-30-32-34-36-38-40-42-44-51-46-47(45-49)52-48(50)43-41-39-37-35-33-31-29-20-18-16-14-12-10-8-6-4-2/h5,7,11,13,17,19,22-23,25-26,28,30,34,36,47,49H,3-4,6,8-10,12,14-16,18,20-21,24,27,29,31-33,35,37-46H2,1-2H3/b7-5-,13-11-,19-17-,23-22-,26-25-,30-28-,36-34-. The quantitative estimate of drug-likeness (QED) is 0.0390. The second kappa shape index (κ2) is 44.7. The van der Waals surface area contributed by atoms with Crippen molar-refractivity contribution < 1.29 is 19.4 Å². The minimum Gasteiger partial charge on any atom is -0.457 e. The van der Waals surface area contributed by atoms with E-state index in [2.05, 4.69) is 98.9 Å². The number of unbranched alkanes of at least 4 members (excludes halogenated alkanes) is 17. The zero-order valence-corrected chi connectivity index (χ0v) is 34.0. The average molecular weight is 723 g/mol. The summed E-state index contributed by atoms with van der Waals surface area (Å²) < 4.78 is 11.1. The minimum absolute atomic E-state index is 0.192. The Hall–Kier alpha value is -2.43. The zero-order chi connectivity index (χ0) is 37.7. The SMILES string of the molecule is CC/C=C\C/C=C\C/C=C\C/C=C\C/C=C\C/C=C\C/C=C\CCCCOCC(CO)OC(=O)CCCCCCCCCCCCCCCCCC. The van der Waals surface area contributed by atoms with Crippen LogP contribution in [0.1, 0.15) is 187 Å². The van der Waals surface area contributed by atoms with Crippen molar-refractivity contribution in [3.8, 4) is 0 Å². The molecule has 0 aliphatic heterocycles. The second-order valence-corrected chi connectivity index (χ2v) is 14.0. The van der Waals surface area contributed by atoms with Crippen LogP contribution in [-0.2, 0) is 14.3 Å². The third-order valence-corrected chi connectivity index (χ3v) is 8.98. The van der Waals surface area contributed by atoms with Crippen LogP contribution >= 0.6 is 0 Å². The maximum absolute atomic E-state index is 12.2. The molecule has 1 N–H and O–H groups in total. The summed E-state index contributed by atoms with van der Waals surface area (Å²) in [6, 6.07) is 0.